The molecule has 1 aromatic rings. The normalized spacial score (nSPS) is 11.5. The van der Waals surface area contributed by atoms with Crippen LogP contribution in [0.2, 0.25) is 0 Å². The fraction of sp³-hybridized carbons (Fsp3) is 0.250. The molecule has 114 valence electrons. The predicted octanol–water partition coefficient (Wildman–Crippen LogP) is 0.805. The topological polar surface area (TPSA) is 122 Å². The molecule has 0 radical (unpaired) electrons. The molecule has 0 aliphatic carbocycles. The summed E-state index contributed by atoms with van der Waals surface area (Å²) in [5.74, 6) is -3.75. The molecule has 1 aromatic carbocycles. The molecule has 0 unspecified atom stereocenters. The van der Waals surface area contributed by atoms with Gasteiger partial charge in [0.25, 0.3) is 0 Å². The van der Waals surface area contributed by atoms with Crippen LogP contribution < -0.4 is 16.4 Å². The molecule has 0 aliphatic heterocycles. The molecule has 0 spiro atoms. The number of carboxylic acids is 1. The van der Waals surface area contributed by atoms with E-state index in [1.165, 1.54) is 0 Å². The largest absolute Gasteiger partial charge is 0.480 e. The maximum absolute atomic E-state index is 13.3. The number of anilines is 1. The third-order valence-electron chi connectivity index (χ3n) is 2.46. The Hall–Kier alpha value is -2.71. The lowest BCUT2D eigenvalue weighted by molar-refractivity contribution is -0.139. The Labute approximate surface area is 118 Å². The number of nitrogens with two attached hydrogens (primary N) is 1. The zero-order valence-corrected chi connectivity index (χ0v) is 10.7. The van der Waals surface area contributed by atoms with Crippen LogP contribution >= 0.6 is 0 Å². The van der Waals surface area contributed by atoms with E-state index in [2.05, 4.69) is 0 Å². The SMILES string of the molecule is NC(=O)CC[C@@H](NC(=O)Nc1cc(F)ccc1F)C(=O)O. The summed E-state index contributed by atoms with van der Waals surface area (Å²) in [6, 6.07) is -0.00271. The summed E-state index contributed by atoms with van der Waals surface area (Å²) in [6.45, 7) is 0. The van der Waals surface area contributed by atoms with Crippen molar-refractivity contribution in [3.63, 3.8) is 0 Å². The highest BCUT2D eigenvalue weighted by Crippen LogP contribution is 2.15. The van der Waals surface area contributed by atoms with Crippen molar-refractivity contribution in [1.82, 2.24) is 5.32 Å². The second kappa shape index (κ2) is 7.17. The second-order valence-corrected chi connectivity index (χ2v) is 4.12. The molecule has 0 bridgehead atoms. The molecule has 5 N–H and O–H groups in total. The van der Waals surface area contributed by atoms with E-state index < -0.39 is 41.3 Å². The zero-order chi connectivity index (χ0) is 16.0. The second-order valence-electron chi connectivity index (χ2n) is 4.12. The van der Waals surface area contributed by atoms with Gasteiger partial charge in [0.05, 0.1) is 5.69 Å². The van der Waals surface area contributed by atoms with Crippen LogP contribution in [0, 0.1) is 11.6 Å². The average Bonchev–Trinajstić information content (AvgIpc) is 2.38. The van der Waals surface area contributed by atoms with Gasteiger partial charge in [-0.2, -0.15) is 0 Å². The first-order valence-corrected chi connectivity index (χ1v) is 5.83. The van der Waals surface area contributed by atoms with Gasteiger partial charge < -0.3 is 21.5 Å². The standard InChI is InChI=1S/C12H13F2N3O4/c13-6-1-2-7(14)9(5-6)17-12(21)16-8(11(19)20)3-4-10(15)18/h1-2,5,8H,3-4H2,(H2,15,18)(H,19,20)(H2,16,17,21)/t8-/m1/s1. The Balaban J connectivity index is 2.67. The number of carbonyl (C=O) groups is 3. The molecule has 0 heterocycles. The number of carbonyl (C=O) groups excluding carboxylic acids is 2. The smallest absolute Gasteiger partial charge is 0.326 e. The first kappa shape index (κ1) is 16.3. The average molecular weight is 301 g/mol. The maximum Gasteiger partial charge on any atom is 0.326 e. The number of primary amides is 1. The van der Waals surface area contributed by atoms with Gasteiger partial charge in [-0.3, -0.25) is 4.79 Å². The van der Waals surface area contributed by atoms with Crippen molar-refractivity contribution in [3.05, 3.63) is 29.8 Å². The van der Waals surface area contributed by atoms with Crippen molar-refractivity contribution >= 4 is 23.6 Å². The number of hydrogen-bond donors (Lipinski definition) is 4. The first-order chi connectivity index (χ1) is 9.79. The first-order valence-electron chi connectivity index (χ1n) is 5.83. The lowest BCUT2D eigenvalue weighted by Gasteiger charge is -2.14. The molecule has 0 saturated carbocycles. The number of benzene rings is 1. The van der Waals surface area contributed by atoms with Crippen LogP contribution in [0.1, 0.15) is 12.8 Å². The number of amides is 3. The van der Waals surface area contributed by atoms with Crippen LogP contribution in [-0.2, 0) is 9.59 Å². The highest BCUT2D eigenvalue weighted by Gasteiger charge is 2.21. The molecule has 7 nitrogen and oxygen atoms in total. The molecule has 1 atom stereocenters. The summed E-state index contributed by atoms with van der Waals surface area (Å²) >= 11 is 0. The molecule has 0 aliphatic rings. The van der Waals surface area contributed by atoms with Crippen molar-refractivity contribution in [1.29, 1.82) is 0 Å². The molecule has 9 heteroatoms. The van der Waals surface area contributed by atoms with E-state index in [-0.39, 0.29) is 12.8 Å². The van der Waals surface area contributed by atoms with Gasteiger partial charge in [0.15, 0.2) is 0 Å². The molecule has 0 saturated heterocycles. The van der Waals surface area contributed by atoms with Crippen LogP contribution in [0.4, 0.5) is 19.3 Å². The molecule has 3 amide bonds. The third-order valence-corrected chi connectivity index (χ3v) is 2.46. The quantitative estimate of drug-likeness (QED) is 0.621. The highest BCUT2D eigenvalue weighted by atomic mass is 19.1. The van der Waals surface area contributed by atoms with Crippen LogP contribution in [0.15, 0.2) is 18.2 Å². The summed E-state index contributed by atoms with van der Waals surface area (Å²) in [5.41, 5.74) is 4.44. The lowest BCUT2D eigenvalue weighted by atomic mass is 10.1. The van der Waals surface area contributed by atoms with Crippen LogP contribution in [0.3, 0.4) is 0 Å². The van der Waals surface area contributed by atoms with Gasteiger partial charge in [-0.25, -0.2) is 18.4 Å². The van der Waals surface area contributed by atoms with E-state index in [0.29, 0.717) is 0 Å². The summed E-state index contributed by atoms with van der Waals surface area (Å²) in [4.78, 5) is 33.0. The molecule has 0 aromatic heterocycles. The number of aliphatic carboxylic acids is 1. The van der Waals surface area contributed by atoms with Crippen LogP contribution in [-0.4, -0.2) is 29.1 Å². The molecular weight excluding hydrogens is 288 g/mol. The van der Waals surface area contributed by atoms with Crippen molar-refractivity contribution in [3.8, 4) is 0 Å². The Morgan fingerprint density at radius 1 is 1.29 bits per heavy atom. The maximum atomic E-state index is 13.3. The Morgan fingerprint density at radius 3 is 2.52 bits per heavy atom. The fourth-order valence-electron chi connectivity index (χ4n) is 1.45. The van der Waals surface area contributed by atoms with Crippen LogP contribution in [0.25, 0.3) is 0 Å². The van der Waals surface area contributed by atoms with Crippen molar-refractivity contribution < 1.29 is 28.3 Å². The number of nitrogens with one attached hydrogen (secondary N) is 2. The van der Waals surface area contributed by atoms with E-state index in [0.717, 1.165) is 18.2 Å². The van der Waals surface area contributed by atoms with Crippen LogP contribution in [0.5, 0.6) is 0 Å². The van der Waals surface area contributed by atoms with Gasteiger partial charge in [-0.15, -0.1) is 0 Å². The van der Waals surface area contributed by atoms with Gasteiger partial charge in [-0.05, 0) is 18.6 Å². The van der Waals surface area contributed by atoms with E-state index in [1.807, 2.05) is 10.6 Å². The number of rotatable bonds is 6. The molecule has 1 rings (SSSR count). The Bertz CT molecular complexity index is 565. The fourth-order valence-corrected chi connectivity index (χ4v) is 1.45. The number of urea groups is 1. The monoisotopic (exact) mass is 301 g/mol. The van der Waals surface area contributed by atoms with Crippen molar-refractivity contribution in [2.24, 2.45) is 5.73 Å². The third kappa shape index (κ3) is 5.43. The van der Waals surface area contributed by atoms with Gasteiger partial charge in [0.1, 0.15) is 17.7 Å². The number of halogens is 2. The summed E-state index contributed by atoms with van der Waals surface area (Å²) in [6.07, 6.45) is -0.463. The van der Waals surface area contributed by atoms with E-state index >= 15 is 0 Å². The van der Waals surface area contributed by atoms with Gasteiger partial charge >= 0.3 is 12.0 Å². The predicted molar refractivity (Wildman–Crippen MR) is 68.4 cm³/mol. The summed E-state index contributed by atoms with van der Waals surface area (Å²) < 4.78 is 26.2. The molecule has 0 fully saturated rings. The van der Waals surface area contributed by atoms with Crippen molar-refractivity contribution in [2.45, 2.75) is 18.9 Å². The van der Waals surface area contributed by atoms with E-state index in [4.69, 9.17) is 10.8 Å². The van der Waals surface area contributed by atoms with E-state index in [9.17, 15) is 23.2 Å². The lowest BCUT2D eigenvalue weighted by Crippen LogP contribution is -2.43. The Morgan fingerprint density at radius 2 is 1.95 bits per heavy atom. The minimum absolute atomic E-state index is 0.219. The number of carboxylic acid groups (broad SMARTS) is 1. The summed E-state index contributed by atoms with van der Waals surface area (Å²) in [5, 5.41) is 12.9. The van der Waals surface area contributed by atoms with Gasteiger partial charge in [0, 0.05) is 12.5 Å². The van der Waals surface area contributed by atoms with E-state index in [1.54, 1.807) is 0 Å². The van der Waals surface area contributed by atoms with Gasteiger partial charge in [0.2, 0.25) is 5.91 Å². The molecular formula is C12H13F2N3O4. The highest BCUT2D eigenvalue weighted by molar-refractivity contribution is 5.92. The Kier molecular flexibility index (Phi) is 5.58. The number of hydrogen-bond acceptors (Lipinski definition) is 3. The zero-order valence-electron chi connectivity index (χ0n) is 10.7. The van der Waals surface area contributed by atoms with Gasteiger partial charge in [-0.1, -0.05) is 0 Å². The molecule has 21 heavy (non-hydrogen) atoms. The minimum atomic E-state index is -1.38. The van der Waals surface area contributed by atoms with Crippen molar-refractivity contribution in [2.75, 3.05) is 5.32 Å². The summed E-state index contributed by atoms with van der Waals surface area (Å²) in [7, 11) is 0. The minimum Gasteiger partial charge on any atom is -0.480 e.